The van der Waals surface area contributed by atoms with Crippen molar-refractivity contribution >= 4 is 11.7 Å². The van der Waals surface area contributed by atoms with E-state index in [0.29, 0.717) is 6.04 Å². The molecule has 0 bridgehead atoms. The molecule has 1 saturated carbocycles. The summed E-state index contributed by atoms with van der Waals surface area (Å²) < 4.78 is 0. The molecule has 0 spiro atoms. The monoisotopic (exact) mass is 203 g/mol. The molecule has 15 heavy (non-hydrogen) atoms. The highest BCUT2D eigenvalue weighted by Crippen LogP contribution is 2.16. The van der Waals surface area contributed by atoms with Crippen LogP contribution >= 0.6 is 0 Å². The van der Waals surface area contributed by atoms with Gasteiger partial charge in [-0.1, -0.05) is 18.2 Å². The number of urea groups is 1. The van der Waals surface area contributed by atoms with Crippen molar-refractivity contribution in [2.75, 3.05) is 5.32 Å². The molecule has 2 rings (SSSR count). The first-order valence-electron chi connectivity index (χ1n) is 5.29. The molecule has 0 heterocycles. The number of carbonyl (C=O) groups excluding carboxylic acids is 1. The lowest BCUT2D eigenvalue weighted by Crippen LogP contribution is -2.36. The van der Waals surface area contributed by atoms with Gasteiger partial charge in [0.25, 0.3) is 0 Å². The predicted molar refractivity (Wildman–Crippen MR) is 60.5 cm³/mol. The second kappa shape index (κ2) is 4.82. The smallest absolute Gasteiger partial charge is 0.319 e. The maximum absolute atomic E-state index is 11.5. The lowest BCUT2D eigenvalue weighted by molar-refractivity contribution is 0.248. The Labute approximate surface area is 89.9 Å². The van der Waals surface area contributed by atoms with Gasteiger partial charge in [-0.25, -0.2) is 4.79 Å². The van der Waals surface area contributed by atoms with Gasteiger partial charge in [0.2, 0.25) is 0 Å². The Kier molecular flexibility index (Phi) is 3.22. The number of hydrogen-bond donors (Lipinski definition) is 2. The van der Waals surface area contributed by atoms with E-state index < -0.39 is 0 Å². The number of amides is 2. The van der Waals surface area contributed by atoms with E-state index in [9.17, 15) is 4.79 Å². The molecule has 0 aliphatic heterocycles. The van der Waals surface area contributed by atoms with Crippen molar-refractivity contribution in [2.45, 2.75) is 25.3 Å². The number of nitrogens with one attached hydrogen (secondary N) is 2. The molecule has 2 N–H and O–H groups in total. The Morgan fingerprint density at radius 1 is 1.27 bits per heavy atom. The molecule has 3 heteroatoms. The molecule has 1 radical (unpaired) electrons. The van der Waals surface area contributed by atoms with E-state index >= 15 is 0 Å². The fourth-order valence-electron chi connectivity index (χ4n) is 1.76. The maximum Gasteiger partial charge on any atom is 0.319 e. The van der Waals surface area contributed by atoms with Crippen LogP contribution in [0.3, 0.4) is 0 Å². The molecule has 79 valence electrons. The molecule has 1 unspecified atom stereocenters. The summed E-state index contributed by atoms with van der Waals surface area (Å²) in [6.45, 7) is 0. The Hall–Kier alpha value is -1.51. The Morgan fingerprint density at radius 2 is 2.07 bits per heavy atom. The Bertz CT molecular complexity index is 318. The molecule has 1 aliphatic rings. The average molecular weight is 203 g/mol. The van der Waals surface area contributed by atoms with Gasteiger partial charge in [-0.15, -0.1) is 0 Å². The fraction of sp³-hybridized carbons (Fsp3) is 0.333. The zero-order valence-electron chi connectivity index (χ0n) is 8.57. The second-order valence-corrected chi connectivity index (χ2v) is 3.76. The molecule has 0 saturated heterocycles. The largest absolute Gasteiger partial charge is 0.335 e. The summed E-state index contributed by atoms with van der Waals surface area (Å²) in [4.78, 5) is 11.5. The molecule has 1 fully saturated rings. The van der Waals surface area contributed by atoms with E-state index in [4.69, 9.17) is 0 Å². The third kappa shape index (κ3) is 2.98. The summed E-state index contributed by atoms with van der Waals surface area (Å²) in [6.07, 6.45) is 5.37. The van der Waals surface area contributed by atoms with Crippen molar-refractivity contribution in [1.82, 2.24) is 5.32 Å². The van der Waals surface area contributed by atoms with Gasteiger partial charge < -0.3 is 10.6 Å². The lowest BCUT2D eigenvalue weighted by Gasteiger charge is -2.12. The van der Waals surface area contributed by atoms with Gasteiger partial charge in [-0.3, -0.25) is 0 Å². The van der Waals surface area contributed by atoms with Crippen molar-refractivity contribution < 1.29 is 4.79 Å². The van der Waals surface area contributed by atoms with Crippen LogP contribution in [-0.2, 0) is 0 Å². The summed E-state index contributed by atoms with van der Waals surface area (Å²) in [5.41, 5.74) is 0.831. The van der Waals surface area contributed by atoms with E-state index in [2.05, 4.69) is 17.1 Å². The van der Waals surface area contributed by atoms with Crippen LogP contribution in [0.1, 0.15) is 19.3 Å². The lowest BCUT2D eigenvalue weighted by atomic mass is 10.2. The number of benzene rings is 1. The van der Waals surface area contributed by atoms with Crippen molar-refractivity contribution in [3.05, 3.63) is 36.8 Å². The maximum atomic E-state index is 11.5. The first kappa shape index (κ1) is 10.0. The molecule has 2 amide bonds. The van der Waals surface area contributed by atoms with Crippen LogP contribution in [0.25, 0.3) is 0 Å². The van der Waals surface area contributed by atoms with Crippen molar-refractivity contribution in [1.29, 1.82) is 0 Å². The molecular weight excluding hydrogens is 188 g/mol. The standard InChI is InChI=1S/C12H15N2O/c15-12(14-11-8-4-5-9-11)13-10-6-2-1-3-7-10/h1-4,6-7,11H,5,8-9H2,(H2,13,14,15). The highest BCUT2D eigenvalue weighted by atomic mass is 16.2. The van der Waals surface area contributed by atoms with Crippen molar-refractivity contribution in [3.8, 4) is 0 Å². The molecule has 1 aliphatic carbocycles. The van der Waals surface area contributed by atoms with Crippen molar-refractivity contribution in [2.24, 2.45) is 0 Å². The highest BCUT2D eigenvalue weighted by Gasteiger charge is 2.16. The van der Waals surface area contributed by atoms with Crippen LogP contribution in [0.4, 0.5) is 10.5 Å². The summed E-state index contributed by atoms with van der Waals surface area (Å²) in [5, 5.41) is 5.75. The van der Waals surface area contributed by atoms with E-state index in [0.717, 1.165) is 24.9 Å². The topological polar surface area (TPSA) is 41.1 Å². The predicted octanol–water partition coefficient (Wildman–Crippen LogP) is 2.56. The van der Waals surface area contributed by atoms with Crippen LogP contribution in [0.15, 0.2) is 30.3 Å². The minimum Gasteiger partial charge on any atom is -0.335 e. The van der Waals surface area contributed by atoms with Gasteiger partial charge in [0.15, 0.2) is 0 Å². The second-order valence-electron chi connectivity index (χ2n) is 3.76. The molecular formula is C12H15N2O. The summed E-state index contributed by atoms with van der Waals surface area (Å²) in [6, 6.07) is 9.68. The number of rotatable bonds is 2. The number of para-hydroxylation sites is 1. The van der Waals surface area contributed by atoms with E-state index in [1.165, 1.54) is 0 Å². The first-order valence-corrected chi connectivity index (χ1v) is 5.29. The number of anilines is 1. The van der Waals surface area contributed by atoms with Gasteiger partial charge in [-0.05, 0) is 37.8 Å². The van der Waals surface area contributed by atoms with Gasteiger partial charge in [0, 0.05) is 11.7 Å². The van der Waals surface area contributed by atoms with Gasteiger partial charge in [0.05, 0.1) is 0 Å². The average Bonchev–Trinajstić information content (AvgIpc) is 2.71. The van der Waals surface area contributed by atoms with Gasteiger partial charge in [0.1, 0.15) is 0 Å². The molecule has 3 nitrogen and oxygen atoms in total. The summed E-state index contributed by atoms with van der Waals surface area (Å²) >= 11 is 0. The van der Waals surface area contributed by atoms with Gasteiger partial charge in [-0.2, -0.15) is 0 Å². The SMILES string of the molecule is O=C(Nc1ccccc1)NC1C[CH]CC1. The van der Waals surface area contributed by atoms with Crippen LogP contribution < -0.4 is 10.6 Å². The molecule has 1 atom stereocenters. The Balaban J connectivity index is 1.82. The van der Waals surface area contributed by atoms with E-state index in [1.807, 2.05) is 30.3 Å². The van der Waals surface area contributed by atoms with Crippen LogP contribution in [0.2, 0.25) is 0 Å². The zero-order valence-corrected chi connectivity index (χ0v) is 8.57. The first-order chi connectivity index (χ1) is 7.34. The van der Waals surface area contributed by atoms with Gasteiger partial charge >= 0.3 is 6.03 Å². The van der Waals surface area contributed by atoms with E-state index in [1.54, 1.807) is 0 Å². The number of carbonyl (C=O) groups is 1. The minimum atomic E-state index is -0.110. The Morgan fingerprint density at radius 3 is 2.73 bits per heavy atom. The molecule has 1 aromatic carbocycles. The third-order valence-electron chi connectivity index (χ3n) is 2.54. The summed E-state index contributed by atoms with van der Waals surface area (Å²) in [7, 11) is 0. The highest BCUT2D eigenvalue weighted by molar-refractivity contribution is 5.89. The zero-order chi connectivity index (χ0) is 10.5. The van der Waals surface area contributed by atoms with Crippen LogP contribution in [0.5, 0.6) is 0 Å². The number of hydrogen-bond acceptors (Lipinski definition) is 1. The van der Waals surface area contributed by atoms with E-state index in [-0.39, 0.29) is 6.03 Å². The fourth-order valence-corrected chi connectivity index (χ4v) is 1.76. The van der Waals surface area contributed by atoms with Crippen molar-refractivity contribution in [3.63, 3.8) is 0 Å². The quantitative estimate of drug-likeness (QED) is 0.762. The normalized spacial score (nSPS) is 16.3. The molecule has 0 aromatic heterocycles. The summed E-state index contributed by atoms with van der Waals surface area (Å²) in [5.74, 6) is 0. The van der Waals surface area contributed by atoms with Crippen LogP contribution in [-0.4, -0.2) is 12.1 Å². The minimum absolute atomic E-state index is 0.110. The molecule has 1 aromatic rings. The third-order valence-corrected chi connectivity index (χ3v) is 2.54. The van der Waals surface area contributed by atoms with Crippen LogP contribution in [0, 0.1) is 6.42 Å².